The second kappa shape index (κ2) is 14.7. The van der Waals surface area contributed by atoms with Gasteiger partial charge in [0.1, 0.15) is 11.5 Å². The number of hydrogen-bond donors (Lipinski definition) is 1. The van der Waals surface area contributed by atoms with Gasteiger partial charge < -0.3 is 23.4 Å². The fraction of sp³-hybridized carbons (Fsp3) is 0.457. The third kappa shape index (κ3) is 8.18. The first kappa shape index (κ1) is 34.6. The first-order valence-electron chi connectivity index (χ1n) is 15.3. The molecule has 0 saturated carbocycles. The Balaban J connectivity index is 1.90. The predicted molar refractivity (Wildman–Crippen MR) is 182 cm³/mol. The van der Waals surface area contributed by atoms with Crippen molar-refractivity contribution in [3.63, 3.8) is 0 Å². The van der Waals surface area contributed by atoms with Crippen LogP contribution in [0.2, 0.25) is 0 Å². The molecule has 0 bridgehead atoms. The van der Waals surface area contributed by atoms with E-state index in [9.17, 15) is 9.90 Å². The van der Waals surface area contributed by atoms with Gasteiger partial charge >= 0.3 is 11.9 Å². The van der Waals surface area contributed by atoms with E-state index in [2.05, 4.69) is 48.5 Å². The number of rotatable bonds is 15. The Labute approximate surface area is 264 Å². The van der Waals surface area contributed by atoms with Crippen molar-refractivity contribution in [3.8, 4) is 33.8 Å². The molecule has 0 aliphatic heterocycles. The third-order valence-corrected chi connectivity index (χ3v) is 9.90. The average molecular weight is 623 g/mol. The quantitative estimate of drug-likeness (QED) is 0.110. The molecule has 3 aromatic rings. The van der Waals surface area contributed by atoms with Crippen LogP contribution in [0.25, 0.3) is 22.3 Å². The lowest BCUT2D eigenvalue weighted by Gasteiger charge is -2.51. The van der Waals surface area contributed by atoms with Crippen molar-refractivity contribution < 1.29 is 28.2 Å². The molecule has 1 N–H and O–H groups in total. The topological polar surface area (TPSA) is 74.2 Å². The number of carbonyl (C=O) groups is 1. The molecule has 0 saturated heterocycles. The molecule has 6 nitrogen and oxygen atoms in total. The number of aromatic carboxylic acids is 1. The molecule has 1 unspecified atom stereocenters. The minimum absolute atomic E-state index is 0.152. The van der Waals surface area contributed by atoms with Gasteiger partial charge in [0.15, 0.2) is 21.0 Å². The van der Waals surface area contributed by atoms with Crippen LogP contribution >= 0.6 is 0 Å². The highest BCUT2D eigenvalue weighted by Crippen LogP contribution is 2.49. The van der Waals surface area contributed by atoms with E-state index in [-0.39, 0.29) is 17.1 Å². The minimum atomic E-state index is -1.20. The van der Waals surface area contributed by atoms with Crippen LogP contribution in [0.5, 0.6) is 11.5 Å². The molecule has 0 aliphatic carbocycles. The molecule has 0 amide bonds. The zero-order valence-electron chi connectivity index (χ0n) is 27.5. The number of carboxylic acid groups (broad SMARTS) is 1. The van der Waals surface area contributed by atoms with Crippen LogP contribution in [0.3, 0.4) is 0 Å². The Morgan fingerprint density at radius 2 is 1.35 bits per heavy atom. The molecule has 8 heteroatoms. The molecule has 234 valence electrons. The largest absolute Gasteiger partial charge is 0.491 e. The van der Waals surface area contributed by atoms with Crippen molar-refractivity contribution in [2.45, 2.75) is 92.6 Å². The van der Waals surface area contributed by atoms with E-state index in [1.165, 1.54) is 25.7 Å². The van der Waals surface area contributed by atoms with E-state index in [4.69, 9.17) is 18.3 Å². The summed E-state index contributed by atoms with van der Waals surface area (Å²) in [6.45, 7) is 15.0. The summed E-state index contributed by atoms with van der Waals surface area (Å²) in [6, 6.07) is 21.0. The van der Waals surface area contributed by atoms with Crippen molar-refractivity contribution in [2.75, 3.05) is 0 Å². The van der Waals surface area contributed by atoms with Crippen LogP contribution in [0.1, 0.15) is 90.9 Å². The molecule has 0 spiro atoms. The SMILES string of the molecule is CCCCCCC(C)Oc1ccc(-c2ccc(C(=O)O)cc2-c2ccc(OC(O[SiH3])(O[SiH3])C(C)(C)C(C)(C)C)cc2)cc1. The van der Waals surface area contributed by atoms with Crippen LogP contribution in [0.4, 0.5) is 0 Å². The summed E-state index contributed by atoms with van der Waals surface area (Å²) in [5.74, 6) is -0.710. The van der Waals surface area contributed by atoms with E-state index in [0.29, 0.717) is 26.7 Å². The molecule has 0 fully saturated rings. The van der Waals surface area contributed by atoms with E-state index >= 15 is 0 Å². The maximum Gasteiger partial charge on any atom is 0.335 e. The molecule has 3 rings (SSSR count). The van der Waals surface area contributed by atoms with Gasteiger partial charge in [0.05, 0.1) is 17.1 Å². The highest BCUT2D eigenvalue weighted by molar-refractivity contribution is 6.00. The van der Waals surface area contributed by atoms with Crippen molar-refractivity contribution in [1.82, 2.24) is 0 Å². The Hall–Kier alpha value is -2.92. The number of hydrogen-bond acceptors (Lipinski definition) is 5. The normalized spacial score (nSPS) is 14.3. The van der Waals surface area contributed by atoms with Crippen LogP contribution in [-0.2, 0) is 8.85 Å². The van der Waals surface area contributed by atoms with Crippen LogP contribution in [-0.4, -0.2) is 44.1 Å². The second-order valence-corrected chi connectivity index (χ2v) is 13.7. The zero-order valence-corrected chi connectivity index (χ0v) is 31.5. The Kier molecular flexibility index (Phi) is 11.8. The number of unbranched alkanes of at least 4 members (excludes halogenated alkanes) is 3. The summed E-state index contributed by atoms with van der Waals surface area (Å²) in [4.78, 5) is 11.9. The van der Waals surface area contributed by atoms with Gasteiger partial charge in [0, 0.05) is 0 Å². The Morgan fingerprint density at radius 3 is 1.86 bits per heavy atom. The van der Waals surface area contributed by atoms with Gasteiger partial charge in [-0.25, -0.2) is 4.79 Å². The van der Waals surface area contributed by atoms with E-state index in [1.54, 1.807) is 12.1 Å². The van der Waals surface area contributed by atoms with Gasteiger partial charge in [0.25, 0.3) is 0 Å². The predicted octanol–water partition coefficient (Wildman–Crippen LogP) is 7.16. The molecule has 0 radical (unpaired) electrons. The number of ether oxygens (including phenoxy) is 2. The fourth-order valence-corrected chi connectivity index (χ4v) is 7.01. The molecule has 0 heterocycles. The summed E-state index contributed by atoms with van der Waals surface area (Å²) in [5, 5.41) is 9.74. The molecule has 43 heavy (non-hydrogen) atoms. The highest BCUT2D eigenvalue weighted by atomic mass is 28.2. The summed E-state index contributed by atoms with van der Waals surface area (Å²) in [7, 11) is 0.893. The fourth-order valence-electron chi connectivity index (χ4n) is 5.15. The lowest BCUT2D eigenvalue weighted by Crippen LogP contribution is -2.58. The average Bonchev–Trinajstić information content (AvgIpc) is 2.98. The first-order valence-corrected chi connectivity index (χ1v) is 17.0. The third-order valence-electron chi connectivity index (χ3n) is 8.83. The van der Waals surface area contributed by atoms with Crippen molar-refractivity contribution in [1.29, 1.82) is 0 Å². The van der Waals surface area contributed by atoms with Crippen LogP contribution in [0, 0.1) is 10.8 Å². The Bertz CT molecular complexity index is 1330. The lowest BCUT2D eigenvalue weighted by molar-refractivity contribution is -0.333. The van der Waals surface area contributed by atoms with Gasteiger partial charge in [0.2, 0.25) is 0 Å². The number of benzene rings is 3. The maximum atomic E-state index is 11.9. The smallest absolute Gasteiger partial charge is 0.335 e. The molecular formula is C35H50O6Si2. The second-order valence-electron chi connectivity index (χ2n) is 12.8. The van der Waals surface area contributed by atoms with E-state index in [1.807, 2.05) is 54.6 Å². The summed E-state index contributed by atoms with van der Waals surface area (Å²) < 4.78 is 24.7. The van der Waals surface area contributed by atoms with Gasteiger partial charge in [-0.3, -0.25) is 0 Å². The molecular weight excluding hydrogens is 573 g/mol. The molecule has 1 atom stereocenters. The minimum Gasteiger partial charge on any atom is -0.491 e. The van der Waals surface area contributed by atoms with Gasteiger partial charge in [-0.05, 0) is 83.8 Å². The maximum absolute atomic E-state index is 11.9. The van der Waals surface area contributed by atoms with Crippen molar-refractivity contribution in [3.05, 3.63) is 72.3 Å². The lowest BCUT2D eigenvalue weighted by atomic mass is 9.67. The summed E-state index contributed by atoms with van der Waals surface area (Å²) in [5.41, 5.74) is 3.25. The van der Waals surface area contributed by atoms with Gasteiger partial charge in [-0.2, -0.15) is 0 Å². The van der Waals surface area contributed by atoms with Gasteiger partial charge in [-0.15, -0.1) is 0 Å². The van der Waals surface area contributed by atoms with Crippen LogP contribution in [0.15, 0.2) is 66.7 Å². The molecule has 3 aromatic carbocycles. The van der Waals surface area contributed by atoms with Crippen LogP contribution < -0.4 is 9.47 Å². The van der Waals surface area contributed by atoms with Crippen molar-refractivity contribution >= 4 is 26.9 Å². The summed E-state index contributed by atoms with van der Waals surface area (Å²) >= 11 is 0. The number of carboxylic acids is 1. The standard InChI is InChI=1S/C35H50O6Si2/c1-8-9-10-11-12-24(2)38-28-18-13-25(14-19-28)30-22-17-27(32(36)37)23-31(30)26-15-20-29(21-16-26)39-35(40-42,41-43)34(6,7)33(3,4)5/h13-24H,8-12H2,1-7,42-43H3,(H,36,37). The van der Waals surface area contributed by atoms with Gasteiger partial charge in [-0.1, -0.05) is 91.1 Å². The molecule has 0 aliphatic rings. The highest BCUT2D eigenvalue weighted by Gasteiger charge is 2.55. The zero-order chi connectivity index (χ0) is 31.8. The van der Waals surface area contributed by atoms with Crippen molar-refractivity contribution in [2.24, 2.45) is 10.8 Å². The summed E-state index contributed by atoms with van der Waals surface area (Å²) in [6.07, 6.45) is 6.09. The first-order chi connectivity index (χ1) is 20.3. The monoisotopic (exact) mass is 622 g/mol. The molecule has 0 aromatic heterocycles. The Morgan fingerprint density at radius 1 is 0.791 bits per heavy atom. The van der Waals surface area contributed by atoms with E-state index in [0.717, 1.165) is 34.4 Å². The van der Waals surface area contributed by atoms with E-state index < -0.39 is 17.4 Å².